The van der Waals surface area contributed by atoms with Gasteiger partial charge in [-0.25, -0.2) is 4.98 Å². The van der Waals surface area contributed by atoms with Crippen LogP contribution in [0.25, 0.3) is 0 Å². The Kier molecular flexibility index (Phi) is 4.33. The number of pyridine rings is 1. The van der Waals surface area contributed by atoms with Crippen LogP contribution in [0.5, 0.6) is 0 Å². The molecule has 0 spiro atoms. The van der Waals surface area contributed by atoms with E-state index < -0.39 is 0 Å². The highest BCUT2D eigenvalue weighted by atomic mass is 79.9. The lowest BCUT2D eigenvalue weighted by Crippen LogP contribution is -1.92. The topological polar surface area (TPSA) is 56.0 Å². The van der Waals surface area contributed by atoms with Crippen molar-refractivity contribution in [2.45, 2.75) is 10.8 Å². The van der Waals surface area contributed by atoms with Gasteiger partial charge in [0.05, 0.1) is 14.4 Å². The van der Waals surface area contributed by atoms with Gasteiger partial charge in [0.1, 0.15) is 0 Å². The lowest BCUT2D eigenvalue weighted by Gasteiger charge is -2.04. The molecule has 0 radical (unpaired) electrons. The highest BCUT2D eigenvalue weighted by Crippen LogP contribution is 2.32. The second-order valence-corrected chi connectivity index (χ2v) is 5.25. The standard InChI is InChI=1S/C12H9BrN2O2S/c13-12-9(4-3-5-10(12)15(16)17)8-18-11-6-1-2-7-14-11/h1-7H,8H2. The Labute approximate surface area is 117 Å². The molecule has 2 aromatic rings. The zero-order valence-corrected chi connectivity index (χ0v) is 11.6. The van der Waals surface area contributed by atoms with E-state index in [1.165, 1.54) is 6.07 Å². The van der Waals surface area contributed by atoms with Gasteiger partial charge in [0.25, 0.3) is 5.69 Å². The molecule has 0 aliphatic heterocycles. The van der Waals surface area contributed by atoms with Gasteiger partial charge in [-0.1, -0.05) is 18.2 Å². The van der Waals surface area contributed by atoms with Gasteiger partial charge >= 0.3 is 0 Å². The van der Waals surface area contributed by atoms with E-state index in [2.05, 4.69) is 20.9 Å². The first kappa shape index (κ1) is 13.0. The van der Waals surface area contributed by atoms with Crippen molar-refractivity contribution < 1.29 is 4.92 Å². The maximum atomic E-state index is 10.8. The quantitative estimate of drug-likeness (QED) is 0.483. The van der Waals surface area contributed by atoms with Gasteiger partial charge in [0.15, 0.2) is 0 Å². The van der Waals surface area contributed by atoms with E-state index in [1.807, 2.05) is 24.3 Å². The van der Waals surface area contributed by atoms with Crippen LogP contribution in [-0.4, -0.2) is 9.91 Å². The van der Waals surface area contributed by atoms with Gasteiger partial charge in [-0.15, -0.1) is 11.8 Å². The van der Waals surface area contributed by atoms with Crippen molar-refractivity contribution in [1.29, 1.82) is 0 Å². The third-order valence-corrected chi connectivity index (χ3v) is 4.18. The maximum absolute atomic E-state index is 10.8. The monoisotopic (exact) mass is 324 g/mol. The smallest absolute Gasteiger partial charge is 0.258 e. The minimum Gasteiger partial charge on any atom is -0.258 e. The van der Waals surface area contributed by atoms with E-state index in [0.717, 1.165) is 10.6 Å². The molecule has 0 amide bonds. The summed E-state index contributed by atoms with van der Waals surface area (Å²) in [6, 6.07) is 10.7. The average molecular weight is 325 g/mol. The molecular weight excluding hydrogens is 316 g/mol. The Morgan fingerprint density at radius 3 is 2.78 bits per heavy atom. The van der Waals surface area contributed by atoms with Crippen LogP contribution in [0.4, 0.5) is 5.69 Å². The highest BCUT2D eigenvalue weighted by Gasteiger charge is 2.14. The third kappa shape index (κ3) is 3.08. The Balaban J connectivity index is 2.15. The predicted molar refractivity (Wildman–Crippen MR) is 74.6 cm³/mol. The predicted octanol–water partition coefficient (Wildman–Crippen LogP) is 4.04. The SMILES string of the molecule is O=[N+]([O-])c1cccc(CSc2ccccn2)c1Br. The molecule has 18 heavy (non-hydrogen) atoms. The lowest BCUT2D eigenvalue weighted by atomic mass is 10.2. The number of rotatable bonds is 4. The molecule has 0 saturated heterocycles. The number of nitrogens with zero attached hydrogens (tertiary/aromatic N) is 2. The van der Waals surface area contributed by atoms with E-state index in [9.17, 15) is 10.1 Å². The number of aromatic nitrogens is 1. The van der Waals surface area contributed by atoms with Gasteiger partial charge in [0, 0.05) is 18.0 Å². The van der Waals surface area contributed by atoms with Crippen molar-refractivity contribution in [2.24, 2.45) is 0 Å². The van der Waals surface area contributed by atoms with Crippen molar-refractivity contribution in [1.82, 2.24) is 4.98 Å². The minimum atomic E-state index is -0.390. The van der Waals surface area contributed by atoms with Crippen molar-refractivity contribution in [3.05, 3.63) is 62.7 Å². The molecule has 6 heteroatoms. The summed E-state index contributed by atoms with van der Waals surface area (Å²) < 4.78 is 0.540. The molecule has 1 heterocycles. The Morgan fingerprint density at radius 1 is 1.28 bits per heavy atom. The molecule has 0 aliphatic rings. The van der Waals surface area contributed by atoms with Gasteiger partial charge in [-0.05, 0) is 33.6 Å². The van der Waals surface area contributed by atoms with Crippen LogP contribution in [0.2, 0.25) is 0 Å². The molecule has 4 nitrogen and oxygen atoms in total. The first-order chi connectivity index (χ1) is 8.68. The van der Waals surface area contributed by atoms with Crippen molar-refractivity contribution in [2.75, 3.05) is 0 Å². The van der Waals surface area contributed by atoms with Crippen molar-refractivity contribution >= 4 is 33.4 Å². The molecule has 0 N–H and O–H groups in total. The Hall–Kier alpha value is -1.40. The van der Waals surface area contributed by atoms with Crippen LogP contribution in [0.3, 0.4) is 0 Å². The summed E-state index contributed by atoms with van der Waals surface area (Å²) in [5.74, 6) is 0.638. The molecule has 1 aromatic heterocycles. The highest BCUT2D eigenvalue weighted by molar-refractivity contribution is 9.10. The number of thioether (sulfide) groups is 1. The second kappa shape index (κ2) is 5.97. The van der Waals surface area contributed by atoms with Crippen LogP contribution in [0.1, 0.15) is 5.56 Å². The number of halogens is 1. The van der Waals surface area contributed by atoms with E-state index in [1.54, 1.807) is 24.0 Å². The molecule has 0 aliphatic carbocycles. The molecule has 0 atom stereocenters. The molecule has 1 aromatic carbocycles. The van der Waals surface area contributed by atoms with Gasteiger partial charge < -0.3 is 0 Å². The summed E-state index contributed by atoms with van der Waals surface area (Å²) in [6.07, 6.45) is 1.73. The fourth-order valence-corrected chi connectivity index (χ4v) is 2.99. The summed E-state index contributed by atoms with van der Waals surface area (Å²) in [5.41, 5.74) is 0.981. The Bertz CT molecular complexity index is 563. The van der Waals surface area contributed by atoms with Crippen molar-refractivity contribution in [3.63, 3.8) is 0 Å². The first-order valence-corrected chi connectivity index (χ1v) is 6.92. The number of benzene rings is 1. The summed E-state index contributed by atoms with van der Waals surface area (Å²) in [5, 5.41) is 11.7. The van der Waals surface area contributed by atoms with Crippen LogP contribution in [0.15, 0.2) is 52.1 Å². The van der Waals surface area contributed by atoms with Crippen LogP contribution < -0.4 is 0 Å². The second-order valence-electron chi connectivity index (χ2n) is 3.46. The summed E-state index contributed by atoms with van der Waals surface area (Å²) in [7, 11) is 0. The van der Waals surface area contributed by atoms with Gasteiger partial charge in [-0.2, -0.15) is 0 Å². The van der Waals surface area contributed by atoms with E-state index >= 15 is 0 Å². The number of hydrogen-bond acceptors (Lipinski definition) is 4. The zero-order valence-electron chi connectivity index (χ0n) is 9.25. The largest absolute Gasteiger partial charge is 0.283 e. The first-order valence-electron chi connectivity index (χ1n) is 5.14. The molecule has 2 rings (SSSR count). The molecule has 0 saturated carbocycles. The number of nitro groups is 1. The minimum absolute atomic E-state index is 0.0918. The summed E-state index contributed by atoms with van der Waals surface area (Å²) >= 11 is 4.82. The number of nitro benzene ring substituents is 1. The molecule has 0 bridgehead atoms. The Morgan fingerprint density at radius 2 is 2.11 bits per heavy atom. The van der Waals surface area contributed by atoms with E-state index in [4.69, 9.17) is 0 Å². The summed E-state index contributed by atoms with van der Waals surface area (Å²) in [4.78, 5) is 14.6. The van der Waals surface area contributed by atoms with E-state index in [-0.39, 0.29) is 10.6 Å². The molecule has 0 fully saturated rings. The van der Waals surface area contributed by atoms with Crippen LogP contribution in [0, 0.1) is 10.1 Å². The zero-order chi connectivity index (χ0) is 13.0. The number of hydrogen-bond donors (Lipinski definition) is 0. The lowest BCUT2D eigenvalue weighted by molar-refractivity contribution is -0.385. The van der Waals surface area contributed by atoms with Crippen molar-refractivity contribution in [3.8, 4) is 0 Å². The third-order valence-electron chi connectivity index (χ3n) is 2.27. The summed E-state index contributed by atoms with van der Waals surface area (Å²) in [6.45, 7) is 0. The van der Waals surface area contributed by atoms with Gasteiger partial charge in [-0.3, -0.25) is 10.1 Å². The van der Waals surface area contributed by atoms with Crippen LogP contribution >= 0.6 is 27.7 Å². The fraction of sp³-hybridized carbons (Fsp3) is 0.0833. The maximum Gasteiger partial charge on any atom is 0.283 e. The van der Waals surface area contributed by atoms with Crippen LogP contribution in [-0.2, 0) is 5.75 Å². The average Bonchev–Trinajstić information content (AvgIpc) is 2.38. The fourth-order valence-electron chi connectivity index (χ4n) is 1.40. The normalized spacial score (nSPS) is 10.3. The molecule has 0 unspecified atom stereocenters. The molecular formula is C12H9BrN2O2S. The molecule has 92 valence electrons. The van der Waals surface area contributed by atoms with Gasteiger partial charge in [0.2, 0.25) is 0 Å². The van der Waals surface area contributed by atoms with E-state index in [0.29, 0.717) is 10.2 Å².